The van der Waals surface area contributed by atoms with Crippen LogP contribution in [0.4, 0.5) is 11.4 Å². The number of anilines is 2. The highest BCUT2D eigenvalue weighted by molar-refractivity contribution is 9.10. The van der Waals surface area contributed by atoms with E-state index in [2.05, 4.69) is 31.2 Å². The van der Waals surface area contributed by atoms with Gasteiger partial charge in [-0.1, -0.05) is 6.07 Å². The molecule has 0 fully saturated rings. The Bertz CT molecular complexity index is 750. The fourth-order valence-corrected chi connectivity index (χ4v) is 2.41. The van der Waals surface area contributed by atoms with Gasteiger partial charge in [0.05, 0.1) is 11.4 Å². The number of benzene rings is 1. The van der Waals surface area contributed by atoms with Crippen LogP contribution in [0.1, 0.15) is 0 Å². The molecule has 6 heteroatoms. The van der Waals surface area contributed by atoms with Gasteiger partial charge in [0.2, 0.25) is 0 Å². The summed E-state index contributed by atoms with van der Waals surface area (Å²) in [7, 11) is 1.84. The Morgan fingerprint density at radius 3 is 3.00 bits per heavy atom. The highest BCUT2D eigenvalue weighted by atomic mass is 79.9. The summed E-state index contributed by atoms with van der Waals surface area (Å²) >= 11 is 3.42. The van der Waals surface area contributed by atoms with Crippen LogP contribution in [-0.2, 0) is 0 Å². The van der Waals surface area contributed by atoms with Gasteiger partial charge in [-0.05, 0) is 28.1 Å². The molecule has 0 spiro atoms. The van der Waals surface area contributed by atoms with Gasteiger partial charge in [0.1, 0.15) is 10.3 Å². The third-order valence-corrected chi connectivity index (χ3v) is 3.32. The van der Waals surface area contributed by atoms with Crippen LogP contribution in [0.5, 0.6) is 0 Å². The van der Waals surface area contributed by atoms with Crippen LogP contribution in [-0.4, -0.2) is 21.4 Å². The van der Waals surface area contributed by atoms with Crippen molar-refractivity contribution >= 4 is 33.0 Å². The number of hydrogen-bond acceptors (Lipinski definition) is 4. The molecule has 5 nitrogen and oxygen atoms in total. The molecule has 0 aliphatic heterocycles. The number of hydrogen-bond donors (Lipinski definition) is 2. The summed E-state index contributed by atoms with van der Waals surface area (Å²) < 4.78 is 2.69. The molecular formula is C13H12BrN5. The predicted molar refractivity (Wildman–Crippen MR) is 80.1 cm³/mol. The second-order valence-corrected chi connectivity index (χ2v) is 4.93. The zero-order valence-electron chi connectivity index (χ0n) is 10.3. The zero-order valence-corrected chi connectivity index (χ0v) is 11.8. The molecule has 0 aliphatic carbocycles. The number of aromatic nitrogens is 3. The summed E-state index contributed by atoms with van der Waals surface area (Å²) in [5, 5.41) is 3.07. The summed E-state index contributed by atoms with van der Waals surface area (Å²) in [6.07, 6.45) is 5.52. The van der Waals surface area contributed by atoms with Crippen molar-refractivity contribution in [3.8, 4) is 11.3 Å². The first kappa shape index (κ1) is 12.0. The summed E-state index contributed by atoms with van der Waals surface area (Å²) in [5.41, 5.74) is 10.1. The molecule has 0 amide bonds. The highest BCUT2D eigenvalue weighted by Gasteiger charge is 2.10. The fraction of sp³-hybridized carbons (Fsp3) is 0.0769. The molecule has 2 aromatic heterocycles. The predicted octanol–water partition coefficient (Wildman–Crippen LogP) is 2.78. The molecule has 0 aliphatic rings. The van der Waals surface area contributed by atoms with Gasteiger partial charge in [0.15, 0.2) is 5.65 Å². The molecule has 0 unspecified atom stereocenters. The maximum Gasteiger partial charge on any atom is 0.163 e. The maximum absolute atomic E-state index is 5.89. The molecule has 0 atom stereocenters. The minimum Gasteiger partial charge on any atom is -0.397 e. The normalized spacial score (nSPS) is 10.8. The lowest BCUT2D eigenvalue weighted by Gasteiger charge is -2.09. The Labute approximate surface area is 118 Å². The van der Waals surface area contributed by atoms with Crippen molar-refractivity contribution in [3.63, 3.8) is 0 Å². The number of nitrogen functional groups attached to an aromatic ring is 1. The summed E-state index contributed by atoms with van der Waals surface area (Å²) in [5.74, 6) is 0. The van der Waals surface area contributed by atoms with E-state index in [1.807, 2.05) is 42.0 Å². The number of halogens is 1. The van der Waals surface area contributed by atoms with Crippen LogP contribution in [0.15, 0.2) is 41.4 Å². The molecule has 0 saturated heterocycles. The molecule has 2 heterocycles. The average molecular weight is 318 g/mol. The summed E-state index contributed by atoms with van der Waals surface area (Å²) in [4.78, 5) is 8.86. The molecule has 0 saturated carbocycles. The third-order valence-electron chi connectivity index (χ3n) is 2.94. The minimum atomic E-state index is 0.709. The number of nitrogens with zero attached hydrogens (tertiary/aromatic N) is 3. The van der Waals surface area contributed by atoms with E-state index in [4.69, 9.17) is 5.73 Å². The molecule has 3 N–H and O–H groups in total. The van der Waals surface area contributed by atoms with Crippen molar-refractivity contribution in [3.05, 3.63) is 41.4 Å². The number of fused-ring (bicyclic) bond motifs is 1. The van der Waals surface area contributed by atoms with E-state index in [0.717, 1.165) is 27.2 Å². The van der Waals surface area contributed by atoms with Crippen LogP contribution in [0.25, 0.3) is 16.9 Å². The Balaban J connectivity index is 2.26. The molecule has 3 rings (SSSR count). The summed E-state index contributed by atoms with van der Waals surface area (Å²) in [6.45, 7) is 0. The molecule has 3 aromatic rings. The van der Waals surface area contributed by atoms with Crippen molar-refractivity contribution in [2.45, 2.75) is 0 Å². The maximum atomic E-state index is 5.89. The van der Waals surface area contributed by atoms with Crippen LogP contribution in [0.3, 0.4) is 0 Å². The van der Waals surface area contributed by atoms with Gasteiger partial charge in [-0.3, -0.25) is 0 Å². The topological polar surface area (TPSA) is 68.2 Å². The Morgan fingerprint density at radius 2 is 2.21 bits per heavy atom. The second kappa shape index (κ2) is 4.55. The van der Waals surface area contributed by atoms with Crippen molar-refractivity contribution < 1.29 is 0 Å². The monoisotopic (exact) mass is 317 g/mol. The first-order valence-electron chi connectivity index (χ1n) is 5.76. The lowest BCUT2D eigenvalue weighted by atomic mass is 10.1. The van der Waals surface area contributed by atoms with E-state index >= 15 is 0 Å². The molecule has 0 radical (unpaired) electrons. The smallest absolute Gasteiger partial charge is 0.163 e. The van der Waals surface area contributed by atoms with Crippen LogP contribution in [0.2, 0.25) is 0 Å². The van der Waals surface area contributed by atoms with Crippen molar-refractivity contribution in [2.75, 3.05) is 18.1 Å². The second-order valence-electron chi connectivity index (χ2n) is 4.12. The van der Waals surface area contributed by atoms with Crippen LogP contribution < -0.4 is 11.1 Å². The zero-order chi connectivity index (χ0) is 13.4. The molecule has 19 heavy (non-hydrogen) atoms. The average Bonchev–Trinajstić information content (AvgIpc) is 2.86. The van der Waals surface area contributed by atoms with E-state index in [1.165, 1.54) is 0 Å². The highest BCUT2D eigenvalue weighted by Crippen LogP contribution is 2.28. The van der Waals surface area contributed by atoms with Crippen molar-refractivity contribution in [1.82, 2.24) is 14.4 Å². The van der Waals surface area contributed by atoms with Gasteiger partial charge < -0.3 is 15.5 Å². The van der Waals surface area contributed by atoms with E-state index < -0.39 is 0 Å². The van der Waals surface area contributed by atoms with Gasteiger partial charge >= 0.3 is 0 Å². The number of imidazole rings is 1. The molecule has 96 valence electrons. The Morgan fingerprint density at radius 1 is 1.37 bits per heavy atom. The molecular weight excluding hydrogens is 306 g/mol. The quantitative estimate of drug-likeness (QED) is 0.713. The van der Waals surface area contributed by atoms with Gasteiger partial charge in [-0.25, -0.2) is 9.97 Å². The SMILES string of the molecule is CNc1cc(-c2nc(Br)cn3ccnc23)ccc1N. The van der Waals surface area contributed by atoms with E-state index in [9.17, 15) is 0 Å². The lowest BCUT2D eigenvalue weighted by Crippen LogP contribution is -1.98. The van der Waals surface area contributed by atoms with Gasteiger partial charge in [-0.2, -0.15) is 0 Å². The number of nitrogens with two attached hydrogens (primary N) is 1. The van der Waals surface area contributed by atoms with E-state index in [-0.39, 0.29) is 0 Å². The first-order valence-corrected chi connectivity index (χ1v) is 6.55. The van der Waals surface area contributed by atoms with Gasteiger partial charge in [0, 0.05) is 31.2 Å². The number of nitrogens with one attached hydrogen (secondary N) is 1. The van der Waals surface area contributed by atoms with Crippen molar-refractivity contribution in [2.24, 2.45) is 0 Å². The van der Waals surface area contributed by atoms with E-state index in [1.54, 1.807) is 6.20 Å². The third kappa shape index (κ3) is 2.04. The van der Waals surface area contributed by atoms with Crippen LogP contribution in [0, 0.1) is 0 Å². The molecule has 1 aromatic carbocycles. The lowest BCUT2D eigenvalue weighted by molar-refractivity contribution is 1.11. The van der Waals surface area contributed by atoms with E-state index in [0.29, 0.717) is 5.69 Å². The van der Waals surface area contributed by atoms with Crippen molar-refractivity contribution in [1.29, 1.82) is 0 Å². The number of rotatable bonds is 2. The Hall–Kier alpha value is -2.08. The fourth-order valence-electron chi connectivity index (χ4n) is 2.01. The largest absolute Gasteiger partial charge is 0.397 e. The Kier molecular flexibility index (Phi) is 2.87. The van der Waals surface area contributed by atoms with Gasteiger partial charge in [-0.15, -0.1) is 0 Å². The van der Waals surface area contributed by atoms with Gasteiger partial charge in [0.25, 0.3) is 0 Å². The van der Waals surface area contributed by atoms with Crippen LogP contribution >= 0.6 is 15.9 Å². The molecule has 0 bridgehead atoms. The minimum absolute atomic E-state index is 0.709. The summed E-state index contributed by atoms with van der Waals surface area (Å²) in [6, 6.07) is 5.78. The first-order chi connectivity index (χ1) is 9.19. The standard InChI is InChI=1S/C13H12BrN5/c1-16-10-6-8(2-3-9(10)15)12-13-17-4-5-19(13)7-11(14)18-12/h2-7,16H,15H2,1H3.